The molecule has 25 heavy (non-hydrogen) atoms. The van der Waals surface area contributed by atoms with Gasteiger partial charge in [-0.15, -0.1) is 0 Å². The van der Waals surface area contributed by atoms with Crippen LogP contribution in [0.5, 0.6) is 0 Å². The summed E-state index contributed by atoms with van der Waals surface area (Å²) < 4.78 is 1.90. The molecule has 0 saturated carbocycles. The number of aromatic amines is 1. The smallest absolute Gasteiger partial charge is 0.271 e. The maximum atomic E-state index is 12.0. The van der Waals surface area contributed by atoms with E-state index in [1.165, 1.54) is 5.56 Å². The summed E-state index contributed by atoms with van der Waals surface area (Å²) in [5.41, 5.74) is 4.69. The van der Waals surface area contributed by atoms with E-state index in [-0.39, 0.29) is 5.91 Å². The lowest BCUT2D eigenvalue weighted by molar-refractivity contribution is 0.0948. The molecule has 0 unspecified atom stereocenters. The highest BCUT2D eigenvalue weighted by molar-refractivity contribution is 5.92. The van der Waals surface area contributed by atoms with Gasteiger partial charge in [-0.1, -0.05) is 25.1 Å². The van der Waals surface area contributed by atoms with Crippen molar-refractivity contribution >= 4 is 5.91 Å². The van der Waals surface area contributed by atoms with Crippen LogP contribution in [0, 0.1) is 6.92 Å². The topological polar surface area (TPSA) is 75.6 Å². The van der Waals surface area contributed by atoms with Gasteiger partial charge in [-0.2, -0.15) is 10.2 Å². The van der Waals surface area contributed by atoms with Crippen LogP contribution in [-0.2, 0) is 12.8 Å². The van der Waals surface area contributed by atoms with Crippen LogP contribution in [0.2, 0.25) is 0 Å². The number of hydrogen-bond acceptors (Lipinski definition) is 3. The van der Waals surface area contributed by atoms with Gasteiger partial charge in [0.1, 0.15) is 5.69 Å². The molecule has 2 heterocycles. The van der Waals surface area contributed by atoms with Gasteiger partial charge in [0.25, 0.3) is 5.91 Å². The Labute approximate surface area is 147 Å². The molecule has 1 amide bonds. The van der Waals surface area contributed by atoms with Crippen molar-refractivity contribution in [2.24, 2.45) is 0 Å². The average Bonchev–Trinajstić information content (AvgIpc) is 3.26. The summed E-state index contributed by atoms with van der Waals surface area (Å²) in [6.07, 6.45) is 4.64. The van der Waals surface area contributed by atoms with Crippen molar-refractivity contribution in [1.82, 2.24) is 25.3 Å². The molecular weight excluding hydrogens is 314 g/mol. The van der Waals surface area contributed by atoms with Crippen LogP contribution < -0.4 is 5.32 Å². The van der Waals surface area contributed by atoms with Crippen LogP contribution in [-0.4, -0.2) is 32.4 Å². The maximum absolute atomic E-state index is 12.0. The van der Waals surface area contributed by atoms with Gasteiger partial charge in [0.2, 0.25) is 0 Å². The van der Waals surface area contributed by atoms with Crippen molar-refractivity contribution in [2.75, 3.05) is 6.54 Å². The van der Waals surface area contributed by atoms with Crippen LogP contribution in [0.3, 0.4) is 0 Å². The van der Waals surface area contributed by atoms with E-state index in [1.807, 2.05) is 48.9 Å². The van der Waals surface area contributed by atoms with E-state index in [2.05, 4.69) is 26.8 Å². The van der Waals surface area contributed by atoms with Crippen molar-refractivity contribution < 1.29 is 4.79 Å². The molecule has 130 valence electrons. The Balaban J connectivity index is 1.51. The van der Waals surface area contributed by atoms with E-state index in [0.29, 0.717) is 12.2 Å². The van der Waals surface area contributed by atoms with Crippen LogP contribution in [0.25, 0.3) is 5.69 Å². The number of carbonyl (C=O) groups excluding carboxylic acids is 1. The summed E-state index contributed by atoms with van der Waals surface area (Å²) in [5.74, 6) is -0.132. The van der Waals surface area contributed by atoms with Gasteiger partial charge in [0.05, 0.1) is 11.4 Å². The fraction of sp³-hybridized carbons (Fsp3) is 0.316. The minimum absolute atomic E-state index is 0.132. The zero-order valence-corrected chi connectivity index (χ0v) is 14.6. The van der Waals surface area contributed by atoms with Gasteiger partial charge < -0.3 is 5.32 Å². The first-order chi connectivity index (χ1) is 12.2. The van der Waals surface area contributed by atoms with Crippen molar-refractivity contribution in [2.45, 2.75) is 33.1 Å². The van der Waals surface area contributed by atoms with Crippen LogP contribution in [0.1, 0.15) is 40.8 Å². The number of aromatic nitrogens is 4. The molecule has 3 rings (SSSR count). The second-order valence-corrected chi connectivity index (χ2v) is 6.01. The van der Waals surface area contributed by atoms with Crippen molar-refractivity contribution in [3.05, 3.63) is 65.2 Å². The number of carbonyl (C=O) groups is 1. The van der Waals surface area contributed by atoms with E-state index in [9.17, 15) is 4.79 Å². The normalized spacial score (nSPS) is 10.8. The summed E-state index contributed by atoms with van der Waals surface area (Å²) in [6, 6.07) is 11.9. The molecule has 0 saturated heterocycles. The van der Waals surface area contributed by atoms with Crippen molar-refractivity contribution in [3.63, 3.8) is 0 Å². The van der Waals surface area contributed by atoms with Crippen LogP contribution in [0.4, 0.5) is 0 Å². The molecule has 0 fully saturated rings. The van der Waals surface area contributed by atoms with Gasteiger partial charge >= 0.3 is 0 Å². The first-order valence-corrected chi connectivity index (χ1v) is 8.60. The average molecular weight is 337 g/mol. The SMILES string of the molecule is CCc1cc(C(=O)NCCCc2cn(-c3ccccc3)nc2C)n[nH]1. The first kappa shape index (κ1) is 17.0. The zero-order chi connectivity index (χ0) is 17.6. The Morgan fingerprint density at radius 1 is 1.28 bits per heavy atom. The molecule has 0 aliphatic heterocycles. The molecule has 0 spiro atoms. The Kier molecular flexibility index (Phi) is 5.28. The van der Waals surface area contributed by atoms with E-state index in [4.69, 9.17) is 0 Å². The standard InChI is InChI=1S/C19H23N5O/c1-3-16-12-18(22-21-16)19(25)20-11-7-8-15-13-24(23-14(15)2)17-9-5-4-6-10-17/h4-6,9-10,12-13H,3,7-8,11H2,1-2H3,(H,20,25)(H,21,22). The second-order valence-electron chi connectivity index (χ2n) is 6.01. The third-order valence-electron chi connectivity index (χ3n) is 4.17. The minimum atomic E-state index is -0.132. The summed E-state index contributed by atoms with van der Waals surface area (Å²) in [7, 11) is 0. The molecular formula is C19H23N5O. The lowest BCUT2D eigenvalue weighted by atomic mass is 10.1. The molecule has 0 aliphatic rings. The Bertz CT molecular complexity index is 835. The number of benzene rings is 1. The Morgan fingerprint density at radius 3 is 2.80 bits per heavy atom. The molecule has 0 aliphatic carbocycles. The number of H-pyrrole nitrogens is 1. The molecule has 3 aromatic rings. The summed E-state index contributed by atoms with van der Waals surface area (Å²) in [5, 5.41) is 14.4. The van der Waals surface area contributed by atoms with Crippen LogP contribution in [0.15, 0.2) is 42.6 Å². The second kappa shape index (κ2) is 7.79. The largest absolute Gasteiger partial charge is 0.351 e. The van der Waals surface area contributed by atoms with E-state index in [0.717, 1.165) is 36.3 Å². The molecule has 0 radical (unpaired) electrons. The molecule has 0 atom stereocenters. The number of amides is 1. The number of nitrogens with zero attached hydrogens (tertiary/aromatic N) is 3. The number of hydrogen-bond donors (Lipinski definition) is 2. The predicted molar refractivity (Wildman–Crippen MR) is 96.9 cm³/mol. The molecule has 0 bridgehead atoms. The van der Waals surface area contributed by atoms with E-state index in [1.54, 1.807) is 6.07 Å². The van der Waals surface area contributed by atoms with Gasteiger partial charge in [-0.3, -0.25) is 9.89 Å². The number of nitrogens with one attached hydrogen (secondary N) is 2. The van der Waals surface area contributed by atoms with Crippen molar-refractivity contribution in [1.29, 1.82) is 0 Å². The fourth-order valence-corrected chi connectivity index (χ4v) is 2.68. The van der Waals surface area contributed by atoms with Crippen molar-refractivity contribution in [3.8, 4) is 5.69 Å². The lowest BCUT2D eigenvalue weighted by Crippen LogP contribution is -2.25. The predicted octanol–water partition coefficient (Wildman–Crippen LogP) is 2.83. The highest BCUT2D eigenvalue weighted by Gasteiger charge is 2.10. The summed E-state index contributed by atoms with van der Waals surface area (Å²) in [6.45, 7) is 4.65. The lowest BCUT2D eigenvalue weighted by Gasteiger charge is -2.02. The quantitative estimate of drug-likeness (QED) is 0.651. The molecule has 6 heteroatoms. The van der Waals surface area contributed by atoms with E-state index < -0.39 is 0 Å². The van der Waals surface area contributed by atoms with E-state index >= 15 is 0 Å². The first-order valence-electron chi connectivity index (χ1n) is 8.60. The van der Waals surface area contributed by atoms with Gasteiger partial charge in [0.15, 0.2) is 0 Å². The minimum Gasteiger partial charge on any atom is -0.351 e. The monoisotopic (exact) mass is 337 g/mol. The molecule has 2 aromatic heterocycles. The molecule has 1 aromatic carbocycles. The van der Waals surface area contributed by atoms with Gasteiger partial charge in [0, 0.05) is 18.4 Å². The number of rotatable bonds is 7. The number of para-hydroxylation sites is 1. The zero-order valence-electron chi connectivity index (χ0n) is 14.6. The van der Waals surface area contributed by atoms with Crippen LogP contribution >= 0.6 is 0 Å². The molecule has 2 N–H and O–H groups in total. The summed E-state index contributed by atoms with van der Waals surface area (Å²) >= 11 is 0. The van der Waals surface area contributed by atoms with Gasteiger partial charge in [-0.25, -0.2) is 4.68 Å². The van der Waals surface area contributed by atoms with Gasteiger partial charge in [-0.05, 0) is 49.9 Å². The third kappa shape index (κ3) is 4.15. The Morgan fingerprint density at radius 2 is 2.08 bits per heavy atom. The number of aryl methyl sites for hydroxylation is 3. The highest BCUT2D eigenvalue weighted by Crippen LogP contribution is 2.13. The fourth-order valence-electron chi connectivity index (χ4n) is 2.68. The highest BCUT2D eigenvalue weighted by atomic mass is 16.1. The third-order valence-corrected chi connectivity index (χ3v) is 4.17. The maximum Gasteiger partial charge on any atom is 0.271 e. The molecule has 6 nitrogen and oxygen atoms in total. The Hall–Kier alpha value is -2.89. The summed E-state index contributed by atoms with van der Waals surface area (Å²) in [4.78, 5) is 12.0.